The Hall–Kier alpha value is -1.75. The molecule has 0 saturated heterocycles. The first-order valence-electron chi connectivity index (χ1n) is 7.33. The van der Waals surface area contributed by atoms with Crippen molar-refractivity contribution in [2.75, 3.05) is 26.8 Å². The maximum absolute atomic E-state index is 11.7. The predicted molar refractivity (Wildman–Crippen MR) is 83.7 cm³/mol. The zero-order chi connectivity index (χ0) is 15.7. The average molecular weight is 294 g/mol. The molecule has 0 spiro atoms. The quantitative estimate of drug-likeness (QED) is 0.727. The molecule has 0 aliphatic carbocycles. The van der Waals surface area contributed by atoms with Gasteiger partial charge in [0.05, 0.1) is 7.11 Å². The highest BCUT2D eigenvalue weighted by Crippen LogP contribution is 2.28. The van der Waals surface area contributed by atoms with Crippen LogP contribution in [0.2, 0.25) is 0 Å². The maximum atomic E-state index is 11.7. The highest BCUT2D eigenvalue weighted by Gasteiger charge is 2.08. The third-order valence-electron chi connectivity index (χ3n) is 3.06. The number of nitrogens with two attached hydrogens (primary N) is 1. The third-order valence-corrected chi connectivity index (χ3v) is 3.06. The van der Waals surface area contributed by atoms with Crippen LogP contribution in [0.3, 0.4) is 0 Å². The van der Waals surface area contributed by atoms with Crippen LogP contribution in [-0.2, 0) is 11.2 Å². The Bertz CT molecular complexity index is 447. The van der Waals surface area contributed by atoms with Crippen LogP contribution < -0.4 is 20.5 Å². The summed E-state index contributed by atoms with van der Waals surface area (Å²) in [6, 6.07) is 5.64. The van der Waals surface area contributed by atoms with E-state index in [-0.39, 0.29) is 12.5 Å². The lowest BCUT2D eigenvalue weighted by Crippen LogP contribution is -2.30. The average Bonchev–Trinajstić information content (AvgIpc) is 2.45. The fraction of sp³-hybridized carbons (Fsp3) is 0.562. The number of hydrogen-bond acceptors (Lipinski definition) is 4. The Labute approximate surface area is 126 Å². The Balaban J connectivity index is 2.52. The topological polar surface area (TPSA) is 73.6 Å². The van der Waals surface area contributed by atoms with Gasteiger partial charge in [-0.05, 0) is 43.0 Å². The summed E-state index contributed by atoms with van der Waals surface area (Å²) in [6.45, 7) is 5.47. The van der Waals surface area contributed by atoms with Crippen molar-refractivity contribution < 1.29 is 14.3 Å². The summed E-state index contributed by atoms with van der Waals surface area (Å²) < 4.78 is 10.8. The van der Waals surface area contributed by atoms with Crippen LogP contribution in [0.4, 0.5) is 0 Å². The zero-order valence-electron chi connectivity index (χ0n) is 13.1. The van der Waals surface area contributed by atoms with Crippen molar-refractivity contribution >= 4 is 5.91 Å². The molecule has 5 heteroatoms. The van der Waals surface area contributed by atoms with Crippen molar-refractivity contribution in [1.29, 1.82) is 0 Å². The van der Waals surface area contributed by atoms with E-state index >= 15 is 0 Å². The molecule has 0 aromatic heterocycles. The molecule has 0 radical (unpaired) electrons. The van der Waals surface area contributed by atoms with Gasteiger partial charge in [0, 0.05) is 6.54 Å². The largest absolute Gasteiger partial charge is 0.493 e. The van der Waals surface area contributed by atoms with E-state index < -0.39 is 0 Å². The van der Waals surface area contributed by atoms with Crippen LogP contribution in [0.1, 0.15) is 25.8 Å². The zero-order valence-corrected chi connectivity index (χ0v) is 13.1. The van der Waals surface area contributed by atoms with Gasteiger partial charge >= 0.3 is 0 Å². The van der Waals surface area contributed by atoms with Gasteiger partial charge in [-0.25, -0.2) is 0 Å². The molecule has 1 aromatic rings. The van der Waals surface area contributed by atoms with Gasteiger partial charge in [0.15, 0.2) is 18.1 Å². The molecule has 1 rings (SSSR count). The number of methoxy groups -OCH3 is 1. The van der Waals surface area contributed by atoms with E-state index in [1.54, 1.807) is 7.11 Å². The monoisotopic (exact) mass is 294 g/mol. The first-order valence-corrected chi connectivity index (χ1v) is 7.33. The lowest BCUT2D eigenvalue weighted by Gasteiger charge is -2.12. The van der Waals surface area contributed by atoms with E-state index in [2.05, 4.69) is 19.2 Å². The molecule has 0 unspecified atom stereocenters. The van der Waals surface area contributed by atoms with Crippen molar-refractivity contribution in [2.24, 2.45) is 11.7 Å². The molecule has 5 nitrogen and oxygen atoms in total. The number of ether oxygens (including phenoxy) is 2. The summed E-state index contributed by atoms with van der Waals surface area (Å²) in [5.41, 5.74) is 6.61. The van der Waals surface area contributed by atoms with Crippen molar-refractivity contribution in [3.05, 3.63) is 23.8 Å². The third kappa shape index (κ3) is 6.49. The van der Waals surface area contributed by atoms with Gasteiger partial charge < -0.3 is 20.5 Å². The van der Waals surface area contributed by atoms with Gasteiger partial charge in [0.1, 0.15) is 0 Å². The lowest BCUT2D eigenvalue weighted by molar-refractivity contribution is -0.123. The summed E-state index contributed by atoms with van der Waals surface area (Å²) in [5.74, 6) is 1.63. The molecule has 21 heavy (non-hydrogen) atoms. The molecule has 1 amide bonds. The van der Waals surface area contributed by atoms with E-state index in [9.17, 15) is 4.79 Å². The van der Waals surface area contributed by atoms with Gasteiger partial charge in [-0.15, -0.1) is 0 Å². The maximum Gasteiger partial charge on any atom is 0.257 e. The fourth-order valence-corrected chi connectivity index (χ4v) is 1.85. The number of carbonyl (C=O) groups is 1. The Morgan fingerprint density at radius 2 is 2.10 bits per heavy atom. The number of benzene rings is 1. The van der Waals surface area contributed by atoms with Crippen molar-refractivity contribution in [2.45, 2.75) is 26.7 Å². The second-order valence-corrected chi connectivity index (χ2v) is 5.35. The Morgan fingerprint density at radius 1 is 1.33 bits per heavy atom. The normalized spacial score (nSPS) is 10.5. The summed E-state index contributed by atoms with van der Waals surface area (Å²) in [6.07, 6.45) is 1.72. The molecule has 0 fully saturated rings. The van der Waals surface area contributed by atoms with Crippen molar-refractivity contribution in [3.63, 3.8) is 0 Å². The van der Waals surface area contributed by atoms with E-state index in [0.29, 0.717) is 30.5 Å². The molecule has 3 N–H and O–H groups in total. The molecule has 0 bridgehead atoms. The van der Waals surface area contributed by atoms with Crippen LogP contribution in [0.15, 0.2) is 18.2 Å². The number of carbonyl (C=O) groups excluding carboxylic acids is 1. The minimum Gasteiger partial charge on any atom is -0.493 e. The molecule has 1 aromatic carbocycles. The molecule has 0 saturated carbocycles. The summed E-state index contributed by atoms with van der Waals surface area (Å²) >= 11 is 0. The van der Waals surface area contributed by atoms with E-state index in [1.165, 1.54) is 0 Å². The minimum absolute atomic E-state index is 0.0134. The first kappa shape index (κ1) is 17.3. The second kappa shape index (κ2) is 9.23. The highest BCUT2D eigenvalue weighted by molar-refractivity contribution is 5.77. The molecular formula is C16H26N2O3. The SMILES string of the molecule is COc1ccc(CCN)cc1OCC(=O)NCCC(C)C. The van der Waals surface area contributed by atoms with Crippen LogP contribution in [0, 0.1) is 5.92 Å². The van der Waals surface area contributed by atoms with Crippen molar-refractivity contribution in [1.82, 2.24) is 5.32 Å². The number of hydrogen-bond donors (Lipinski definition) is 2. The van der Waals surface area contributed by atoms with Gasteiger partial charge in [-0.3, -0.25) is 4.79 Å². The van der Waals surface area contributed by atoms with E-state index in [4.69, 9.17) is 15.2 Å². The number of nitrogens with one attached hydrogen (secondary N) is 1. The standard InChI is InChI=1S/C16H26N2O3/c1-12(2)7-9-18-16(19)11-21-15-10-13(6-8-17)4-5-14(15)20-3/h4-5,10,12H,6-9,11,17H2,1-3H3,(H,18,19). The Kier molecular flexibility index (Phi) is 7.61. The lowest BCUT2D eigenvalue weighted by atomic mass is 10.1. The Morgan fingerprint density at radius 3 is 2.71 bits per heavy atom. The summed E-state index contributed by atoms with van der Waals surface area (Å²) in [7, 11) is 1.58. The van der Waals surface area contributed by atoms with Gasteiger partial charge in [-0.1, -0.05) is 19.9 Å². The van der Waals surface area contributed by atoms with Crippen LogP contribution in [0.5, 0.6) is 11.5 Å². The van der Waals surface area contributed by atoms with Gasteiger partial charge in [-0.2, -0.15) is 0 Å². The molecule has 0 atom stereocenters. The fourth-order valence-electron chi connectivity index (χ4n) is 1.85. The predicted octanol–water partition coefficient (Wildman–Crippen LogP) is 1.74. The van der Waals surface area contributed by atoms with E-state index in [0.717, 1.165) is 18.4 Å². The van der Waals surface area contributed by atoms with Crippen molar-refractivity contribution in [3.8, 4) is 11.5 Å². The number of rotatable bonds is 9. The minimum atomic E-state index is -0.123. The van der Waals surface area contributed by atoms with Crippen LogP contribution >= 0.6 is 0 Å². The molecule has 118 valence electrons. The second-order valence-electron chi connectivity index (χ2n) is 5.35. The molecule has 0 heterocycles. The smallest absolute Gasteiger partial charge is 0.257 e. The molecular weight excluding hydrogens is 268 g/mol. The molecule has 0 aliphatic heterocycles. The summed E-state index contributed by atoms with van der Waals surface area (Å²) in [4.78, 5) is 11.7. The van der Waals surface area contributed by atoms with Crippen LogP contribution in [-0.4, -0.2) is 32.7 Å². The first-order chi connectivity index (χ1) is 10.1. The highest BCUT2D eigenvalue weighted by atomic mass is 16.5. The summed E-state index contributed by atoms with van der Waals surface area (Å²) in [5, 5.41) is 2.84. The number of amides is 1. The van der Waals surface area contributed by atoms with Gasteiger partial charge in [0.25, 0.3) is 5.91 Å². The van der Waals surface area contributed by atoms with E-state index in [1.807, 2.05) is 18.2 Å². The van der Waals surface area contributed by atoms with Crippen LogP contribution in [0.25, 0.3) is 0 Å². The molecule has 0 aliphatic rings. The van der Waals surface area contributed by atoms with Gasteiger partial charge in [0.2, 0.25) is 0 Å².